The highest BCUT2D eigenvalue weighted by molar-refractivity contribution is 5.92. The van der Waals surface area contributed by atoms with E-state index in [1.807, 2.05) is 0 Å². The third kappa shape index (κ3) is 58.3. The van der Waals surface area contributed by atoms with Crippen molar-refractivity contribution in [2.45, 2.75) is 269 Å². The van der Waals surface area contributed by atoms with Crippen LogP contribution in [-0.4, -0.2) is 138 Å². The van der Waals surface area contributed by atoms with E-state index in [0.29, 0.717) is 25.7 Å². The van der Waals surface area contributed by atoms with Crippen LogP contribution < -0.4 is 49.9 Å². The molecule has 0 saturated heterocycles. The topological polar surface area (TPSA) is 383 Å². The van der Waals surface area contributed by atoms with E-state index in [2.05, 4.69) is 45.1 Å². The number of primary amides is 1. The van der Waals surface area contributed by atoms with Gasteiger partial charge in [-0.25, -0.2) is 9.59 Å². The third-order valence-corrected chi connectivity index (χ3v) is 13.5. The minimum absolute atomic E-state index is 0.0707. The molecular formula is C58H108F6N12O10. The normalized spacial score (nSPS) is 11.7. The Labute approximate surface area is 506 Å². The van der Waals surface area contributed by atoms with Crippen molar-refractivity contribution in [3.05, 3.63) is 0 Å². The van der Waals surface area contributed by atoms with Crippen LogP contribution in [0.25, 0.3) is 0 Å². The monoisotopic (exact) mass is 1250 g/mol. The number of hydrogen-bond acceptors (Lipinski definition) is 10. The molecule has 0 aliphatic carbocycles. The summed E-state index contributed by atoms with van der Waals surface area (Å²) in [6.45, 7) is 5.78. The number of carboxylic acid groups (broad SMARTS) is 2. The van der Waals surface area contributed by atoms with E-state index in [-0.39, 0.29) is 94.6 Å². The van der Waals surface area contributed by atoms with Gasteiger partial charge >= 0.3 is 24.3 Å². The van der Waals surface area contributed by atoms with Crippen molar-refractivity contribution in [1.29, 1.82) is 0 Å². The fourth-order valence-corrected chi connectivity index (χ4v) is 8.64. The molecule has 0 aromatic carbocycles. The van der Waals surface area contributed by atoms with Crippen LogP contribution in [0, 0.1) is 0 Å². The van der Waals surface area contributed by atoms with Gasteiger partial charge in [0.25, 0.3) is 0 Å². The summed E-state index contributed by atoms with van der Waals surface area (Å²) < 4.78 is 63.5. The summed E-state index contributed by atoms with van der Waals surface area (Å²) in [5.74, 6) is -8.17. The first-order valence-corrected chi connectivity index (χ1v) is 31.1. The van der Waals surface area contributed by atoms with Gasteiger partial charge in [-0.2, -0.15) is 26.3 Å². The number of rotatable bonds is 51. The van der Waals surface area contributed by atoms with E-state index < -0.39 is 54.1 Å². The van der Waals surface area contributed by atoms with Gasteiger partial charge in [-0.3, -0.25) is 38.8 Å². The Morgan fingerprint density at radius 1 is 0.419 bits per heavy atom. The molecule has 0 radical (unpaired) electrons. The van der Waals surface area contributed by atoms with E-state index in [1.165, 1.54) is 141 Å². The number of amides is 6. The Morgan fingerprint density at radius 3 is 1.01 bits per heavy atom. The number of unbranched alkanes of at least 4 members (excludes halogenated alkanes) is 26. The van der Waals surface area contributed by atoms with Gasteiger partial charge in [-0.1, -0.05) is 181 Å². The Bertz CT molecular complexity index is 1820. The standard InChI is InChI=1S/C54H106N12O6.2C2HF3O2/c1-3-5-7-9-11-13-15-17-19-21-23-25-27-29-35-47(67)60-41-43-66(44-42-61-48(68)36-30-28-26-24-22-20-18-16-14-12-10-8-6-4-2)50(70)38-37-49(69)64-46(34-32-40-63-54(58)59)52(72)65-45(51(55)71)33-31-39-62-53(56)57;2*3-2(4,5)1(6)7/h45-46H,3-44H2,1-2H3,(H2,55,71)(H,60,67)(H,61,68)(H,64,69)(H,65,72)(H4,56,57,62)(H4,58,59,63);2*(H,6,7)/t45-,46-;;/m0../s1. The molecule has 6 amide bonds. The maximum absolute atomic E-state index is 13.6. The van der Waals surface area contributed by atoms with Gasteiger partial charge in [0.15, 0.2) is 11.9 Å². The first-order valence-electron chi connectivity index (χ1n) is 31.1. The van der Waals surface area contributed by atoms with Crippen LogP contribution in [0.4, 0.5) is 26.3 Å². The number of hydrogen-bond donors (Lipinski definition) is 11. The first kappa shape index (κ1) is 84.1. The molecule has 0 saturated carbocycles. The van der Waals surface area contributed by atoms with Gasteiger partial charge in [-0.15, -0.1) is 0 Å². The number of nitrogens with two attached hydrogens (primary N) is 5. The minimum atomic E-state index is -5.08. The van der Waals surface area contributed by atoms with Gasteiger partial charge in [0.05, 0.1) is 0 Å². The highest BCUT2D eigenvalue weighted by Gasteiger charge is 2.39. The Morgan fingerprint density at radius 2 is 0.721 bits per heavy atom. The maximum Gasteiger partial charge on any atom is 0.490 e. The number of carbonyl (C=O) groups is 8. The number of guanidine groups is 2. The molecule has 0 bridgehead atoms. The van der Waals surface area contributed by atoms with Crippen LogP contribution in [-0.2, 0) is 38.4 Å². The second-order valence-corrected chi connectivity index (χ2v) is 21.4. The number of carbonyl (C=O) groups excluding carboxylic acids is 6. The van der Waals surface area contributed by atoms with Crippen molar-refractivity contribution in [3.8, 4) is 0 Å². The van der Waals surface area contributed by atoms with Gasteiger partial charge in [0, 0.05) is 65.0 Å². The number of nitrogens with zero attached hydrogens (tertiary/aromatic N) is 3. The third-order valence-electron chi connectivity index (χ3n) is 13.5. The molecule has 16 N–H and O–H groups in total. The number of nitrogens with one attached hydrogen (secondary N) is 4. The lowest BCUT2D eigenvalue weighted by Gasteiger charge is -2.24. The largest absolute Gasteiger partial charge is 0.490 e. The van der Waals surface area contributed by atoms with E-state index in [4.69, 9.17) is 48.5 Å². The van der Waals surface area contributed by atoms with Crippen molar-refractivity contribution in [1.82, 2.24) is 26.2 Å². The van der Waals surface area contributed by atoms with Crippen molar-refractivity contribution in [2.24, 2.45) is 38.7 Å². The van der Waals surface area contributed by atoms with E-state index in [0.717, 1.165) is 38.5 Å². The number of halogens is 6. The van der Waals surface area contributed by atoms with Crippen LogP contribution in [0.3, 0.4) is 0 Å². The molecule has 0 aliphatic heterocycles. The average Bonchev–Trinajstić information content (AvgIpc) is 3.55. The Hall–Kier alpha value is -6.12. The van der Waals surface area contributed by atoms with E-state index in [9.17, 15) is 55.1 Å². The molecule has 0 aromatic rings. The molecule has 502 valence electrons. The fourth-order valence-electron chi connectivity index (χ4n) is 8.64. The molecule has 0 spiro atoms. The lowest BCUT2D eigenvalue weighted by atomic mass is 10.0. The summed E-state index contributed by atoms with van der Waals surface area (Å²) in [6.07, 6.45) is 25.9. The van der Waals surface area contributed by atoms with Crippen LogP contribution in [0.2, 0.25) is 0 Å². The summed E-state index contributed by atoms with van der Waals surface area (Å²) in [6, 6.07) is -2.12. The lowest BCUT2D eigenvalue weighted by molar-refractivity contribution is -0.193. The molecular weight excluding hydrogens is 1140 g/mol. The number of aliphatic imine (C=N–C) groups is 2. The van der Waals surface area contributed by atoms with E-state index in [1.54, 1.807) is 4.90 Å². The molecule has 0 heterocycles. The highest BCUT2D eigenvalue weighted by atomic mass is 19.4. The van der Waals surface area contributed by atoms with Crippen molar-refractivity contribution in [2.75, 3.05) is 39.3 Å². The van der Waals surface area contributed by atoms with Crippen molar-refractivity contribution < 1.29 is 74.9 Å². The summed E-state index contributed by atoms with van der Waals surface area (Å²) in [4.78, 5) is 105. The molecule has 0 aromatic heterocycles. The average molecular weight is 1250 g/mol. The predicted octanol–water partition coefficient (Wildman–Crippen LogP) is 8.40. The van der Waals surface area contributed by atoms with Gasteiger partial charge in [0.1, 0.15) is 12.1 Å². The first-order chi connectivity index (χ1) is 40.7. The maximum atomic E-state index is 13.6. The van der Waals surface area contributed by atoms with Crippen molar-refractivity contribution >= 4 is 59.3 Å². The lowest BCUT2D eigenvalue weighted by Crippen LogP contribution is -2.53. The van der Waals surface area contributed by atoms with Crippen molar-refractivity contribution in [3.63, 3.8) is 0 Å². The number of carboxylic acids is 2. The zero-order chi connectivity index (χ0) is 65.4. The SMILES string of the molecule is CCCCCCCCCCCCCCCCC(=O)NCCN(CCNC(=O)CCCCCCCCCCCCCCCC)C(=O)CCC(=O)N[C@@H](CCCN=C(N)N)C(=O)N[C@@H](CCCN=C(N)N)C(N)=O.O=C(O)C(F)(F)F.O=C(O)C(F)(F)F. The molecule has 2 atom stereocenters. The molecule has 0 aliphatic rings. The summed E-state index contributed by atoms with van der Waals surface area (Å²) in [5.41, 5.74) is 27.2. The second kappa shape index (κ2) is 55.5. The Kier molecular flexibility index (Phi) is 54.2. The van der Waals surface area contributed by atoms with E-state index >= 15 is 0 Å². The zero-order valence-corrected chi connectivity index (χ0v) is 51.5. The summed E-state index contributed by atoms with van der Waals surface area (Å²) in [5, 5.41) is 25.4. The number of aliphatic carboxylic acids is 2. The highest BCUT2D eigenvalue weighted by Crippen LogP contribution is 2.17. The van der Waals surface area contributed by atoms with Crippen LogP contribution in [0.1, 0.15) is 245 Å². The molecule has 86 heavy (non-hydrogen) atoms. The molecule has 0 unspecified atom stereocenters. The smallest absolute Gasteiger partial charge is 0.475 e. The van der Waals surface area contributed by atoms with Crippen LogP contribution in [0.15, 0.2) is 9.98 Å². The molecule has 0 fully saturated rings. The van der Waals surface area contributed by atoms with Crippen LogP contribution in [0.5, 0.6) is 0 Å². The minimum Gasteiger partial charge on any atom is -0.475 e. The van der Waals surface area contributed by atoms with Gasteiger partial charge < -0.3 is 65.0 Å². The van der Waals surface area contributed by atoms with Gasteiger partial charge in [0.2, 0.25) is 35.4 Å². The fraction of sp³-hybridized carbons (Fsp3) is 0.828. The zero-order valence-electron chi connectivity index (χ0n) is 51.5. The van der Waals surface area contributed by atoms with Gasteiger partial charge in [-0.05, 0) is 38.5 Å². The van der Waals surface area contributed by atoms with Crippen LogP contribution >= 0.6 is 0 Å². The molecule has 28 heteroatoms. The predicted molar refractivity (Wildman–Crippen MR) is 322 cm³/mol. The number of alkyl halides is 6. The molecule has 22 nitrogen and oxygen atoms in total. The summed E-state index contributed by atoms with van der Waals surface area (Å²) in [7, 11) is 0. The quantitative estimate of drug-likeness (QED) is 0.0118. The second-order valence-electron chi connectivity index (χ2n) is 21.4. The Balaban J connectivity index is -0.00000434. The molecule has 0 rings (SSSR count). The summed E-state index contributed by atoms with van der Waals surface area (Å²) >= 11 is 0.